The molecule has 1 aromatic heterocycles. The first-order valence-electron chi connectivity index (χ1n) is 8.62. The molecule has 2 aromatic rings. The van der Waals surface area contributed by atoms with Gasteiger partial charge in [-0.05, 0) is 18.9 Å². The molecule has 24 heavy (non-hydrogen) atoms. The quantitative estimate of drug-likeness (QED) is 0.845. The number of hydrogen-bond acceptors (Lipinski definition) is 5. The van der Waals surface area contributed by atoms with Gasteiger partial charge in [0.25, 0.3) is 0 Å². The third-order valence-corrected chi connectivity index (χ3v) is 4.40. The lowest BCUT2D eigenvalue weighted by molar-refractivity contribution is 0.140. The van der Waals surface area contributed by atoms with Gasteiger partial charge in [0.05, 0.1) is 18.4 Å². The van der Waals surface area contributed by atoms with Crippen molar-refractivity contribution in [3.8, 4) is 5.75 Å². The molecule has 0 spiro atoms. The second-order valence-electron chi connectivity index (χ2n) is 6.38. The average molecular weight is 327 g/mol. The van der Waals surface area contributed by atoms with Crippen LogP contribution >= 0.6 is 0 Å². The highest BCUT2D eigenvalue weighted by Crippen LogP contribution is 2.26. The summed E-state index contributed by atoms with van der Waals surface area (Å²) in [6.07, 6.45) is 6.60. The van der Waals surface area contributed by atoms with Crippen LogP contribution in [0, 0.1) is 5.92 Å². The molecule has 2 atom stereocenters. The Balaban J connectivity index is 1.61. The van der Waals surface area contributed by atoms with E-state index in [0.29, 0.717) is 6.54 Å². The molecule has 0 aliphatic carbocycles. The van der Waals surface area contributed by atoms with Crippen LogP contribution in [0.2, 0.25) is 0 Å². The highest BCUT2D eigenvalue weighted by atomic mass is 16.5. The summed E-state index contributed by atoms with van der Waals surface area (Å²) in [6.45, 7) is 5.19. The molecule has 1 saturated heterocycles. The first-order chi connectivity index (χ1) is 11.8. The monoisotopic (exact) mass is 327 g/mol. The lowest BCUT2D eigenvalue weighted by atomic mass is 10.0. The van der Waals surface area contributed by atoms with Gasteiger partial charge in [-0.25, -0.2) is 0 Å². The maximum absolute atomic E-state index is 10.4. The molecule has 5 nitrogen and oxygen atoms in total. The highest BCUT2D eigenvalue weighted by Gasteiger charge is 2.31. The number of aliphatic hydroxyl groups excluding tert-OH is 1. The number of rotatable bonds is 7. The summed E-state index contributed by atoms with van der Waals surface area (Å²) >= 11 is 0. The number of ether oxygens (including phenoxy) is 1. The van der Waals surface area contributed by atoms with E-state index in [1.807, 2.05) is 18.2 Å². The zero-order valence-electron chi connectivity index (χ0n) is 14.1. The summed E-state index contributed by atoms with van der Waals surface area (Å²) in [7, 11) is 0. The number of hydrogen-bond donors (Lipinski definition) is 1. The van der Waals surface area contributed by atoms with Gasteiger partial charge in [-0.1, -0.05) is 25.1 Å². The molecule has 0 radical (unpaired) electrons. The largest absolute Gasteiger partial charge is 0.493 e. The molecule has 1 N–H and O–H groups in total. The molecule has 0 unspecified atom stereocenters. The van der Waals surface area contributed by atoms with Crippen molar-refractivity contribution in [1.29, 1.82) is 0 Å². The molecule has 1 aliphatic rings. The topological polar surface area (TPSA) is 58.5 Å². The van der Waals surface area contributed by atoms with Gasteiger partial charge in [0, 0.05) is 49.7 Å². The number of nitrogens with zero attached hydrogens (tertiary/aromatic N) is 3. The molecule has 5 heteroatoms. The Hall–Kier alpha value is -1.98. The Morgan fingerprint density at radius 2 is 2.12 bits per heavy atom. The normalized spacial score (nSPS) is 21.1. The minimum absolute atomic E-state index is 0.199. The minimum atomic E-state index is -0.323. The van der Waals surface area contributed by atoms with Crippen molar-refractivity contribution in [2.75, 3.05) is 19.7 Å². The maximum atomic E-state index is 10.4. The molecule has 0 saturated carbocycles. The van der Waals surface area contributed by atoms with Crippen molar-refractivity contribution in [2.45, 2.75) is 32.4 Å². The van der Waals surface area contributed by atoms with Crippen LogP contribution in [-0.4, -0.2) is 45.8 Å². The molecule has 1 fully saturated rings. The van der Waals surface area contributed by atoms with E-state index in [1.165, 1.54) is 5.56 Å². The van der Waals surface area contributed by atoms with Gasteiger partial charge in [0.1, 0.15) is 5.75 Å². The van der Waals surface area contributed by atoms with Crippen LogP contribution in [0.3, 0.4) is 0 Å². The van der Waals surface area contributed by atoms with Crippen LogP contribution < -0.4 is 4.74 Å². The van der Waals surface area contributed by atoms with E-state index in [9.17, 15) is 5.11 Å². The zero-order valence-corrected chi connectivity index (χ0v) is 14.1. The molecule has 3 rings (SSSR count). The smallest absolute Gasteiger partial charge is 0.123 e. The predicted octanol–water partition coefficient (Wildman–Crippen LogP) is 2.30. The number of aromatic nitrogens is 2. The minimum Gasteiger partial charge on any atom is -0.493 e. The summed E-state index contributed by atoms with van der Waals surface area (Å²) < 4.78 is 5.84. The Morgan fingerprint density at radius 3 is 2.92 bits per heavy atom. The van der Waals surface area contributed by atoms with Gasteiger partial charge in [-0.2, -0.15) is 0 Å². The summed E-state index contributed by atoms with van der Waals surface area (Å²) in [5.74, 6) is 1.15. The van der Waals surface area contributed by atoms with E-state index in [0.717, 1.165) is 44.0 Å². The molecular formula is C19H25N3O2. The van der Waals surface area contributed by atoms with E-state index in [4.69, 9.17) is 4.74 Å². The lowest BCUT2D eigenvalue weighted by Gasteiger charge is -2.18. The van der Waals surface area contributed by atoms with Crippen LogP contribution in [-0.2, 0) is 13.0 Å². The lowest BCUT2D eigenvalue weighted by Crippen LogP contribution is -2.21. The van der Waals surface area contributed by atoms with Crippen molar-refractivity contribution >= 4 is 0 Å². The maximum Gasteiger partial charge on any atom is 0.123 e. The third-order valence-electron chi connectivity index (χ3n) is 4.40. The molecule has 128 valence electrons. The molecular weight excluding hydrogens is 302 g/mol. The molecule has 1 aromatic carbocycles. The number of aliphatic hydroxyl groups is 1. The van der Waals surface area contributed by atoms with E-state index in [2.05, 4.69) is 27.9 Å². The Labute approximate surface area is 143 Å². The summed E-state index contributed by atoms with van der Waals surface area (Å²) in [5, 5.41) is 10.4. The SMILES string of the molecule is CCCOc1ccccc1CN1C[C@@H](Cc2cnccn2)[C@H](O)C1. The molecule has 0 bridgehead atoms. The second-order valence-corrected chi connectivity index (χ2v) is 6.38. The van der Waals surface area contributed by atoms with E-state index in [-0.39, 0.29) is 12.0 Å². The van der Waals surface area contributed by atoms with Gasteiger partial charge >= 0.3 is 0 Å². The zero-order chi connectivity index (χ0) is 16.8. The van der Waals surface area contributed by atoms with Crippen molar-refractivity contribution in [3.63, 3.8) is 0 Å². The summed E-state index contributed by atoms with van der Waals surface area (Å²) in [6, 6.07) is 8.17. The average Bonchev–Trinajstić information content (AvgIpc) is 2.94. The molecule has 1 aliphatic heterocycles. The highest BCUT2D eigenvalue weighted by molar-refractivity contribution is 5.33. The van der Waals surface area contributed by atoms with Gasteiger partial charge in [0.15, 0.2) is 0 Å². The third kappa shape index (κ3) is 4.30. The van der Waals surface area contributed by atoms with Crippen LogP contribution in [0.25, 0.3) is 0 Å². The van der Waals surface area contributed by atoms with Gasteiger partial charge in [0.2, 0.25) is 0 Å². The van der Waals surface area contributed by atoms with Crippen molar-refractivity contribution in [1.82, 2.24) is 14.9 Å². The van der Waals surface area contributed by atoms with Crippen LogP contribution in [0.4, 0.5) is 0 Å². The first kappa shape index (κ1) is 16.9. The Morgan fingerprint density at radius 1 is 1.25 bits per heavy atom. The van der Waals surface area contributed by atoms with Crippen LogP contribution in [0.1, 0.15) is 24.6 Å². The molecule has 2 heterocycles. The van der Waals surface area contributed by atoms with E-state index >= 15 is 0 Å². The van der Waals surface area contributed by atoms with E-state index in [1.54, 1.807) is 18.6 Å². The van der Waals surface area contributed by atoms with Gasteiger partial charge in [-0.15, -0.1) is 0 Å². The van der Waals surface area contributed by atoms with Gasteiger partial charge < -0.3 is 9.84 Å². The van der Waals surface area contributed by atoms with Crippen LogP contribution in [0.15, 0.2) is 42.9 Å². The fraction of sp³-hybridized carbons (Fsp3) is 0.474. The second kappa shape index (κ2) is 8.22. The molecule has 0 amide bonds. The van der Waals surface area contributed by atoms with Crippen molar-refractivity contribution in [3.05, 3.63) is 54.1 Å². The summed E-state index contributed by atoms with van der Waals surface area (Å²) in [5.41, 5.74) is 2.12. The first-order valence-corrected chi connectivity index (χ1v) is 8.62. The van der Waals surface area contributed by atoms with E-state index < -0.39 is 0 Å². The predicted molar refractivity (Wildman–Crippen MR) is 92.7 cm³/mol. The Bertz CT molecular complexity index is 636. The van der Waals surface area contributed by atoms with Crippen molar-refractivity contribution in [2.24, 2.45) is 5.92 Å². The number of para-hydroxylation sites is 1. The number of β-amino-alcohol motifs (C(OH)–C–C–N with tert-alkyl or cyclic N) is 1. The van der Waals surface area contributed by atoms with Crippen molar-refractivity contribution < 1.29 is 9.84 Å². The standard InChI is InChI=1S/C19H25N3O2/c1-2-9-24-19-6-4-3-5-15(19)12-22-13-16(18(23)14-22)10-17-11-20-7-8-21-17/h3-8,11,16,18,23H,2,9-10,12-14H2,1H3/t16-,18-/m1/s1. The fourth-order valence-corrected chi connectivity index (χ4v) is 3.20. The fourth-order valence-electron chi connectivity index (χ4n) is 3.20. The van der Waals surface area contributed by atoms with Gasteiger partial charge in [-0.3, -0.25) is 14.9 Å². The Kier molecular flexibility index (Phi) is 5.77. The number of likely N-dealkylation sites (tertiary alicyclic amines) is 1. The number of benzene rings is 1. The summed E-state index contributed by atoms with van der Waals surface area (Å²) in [4.78, 5) is 10.7. The van der Waals surface area contributed by atoms with Crippen LogP contribution in [0.5, 0.6) is 5.75 Å².